The molecule has 6 unspecified atom stereocenters. The van der Waals surface area contributed by atoms with Crippen LogP contribution in [0.25, 0.3) is 0 Å². The maximum atomic E-state index is 11.0. The van der Waals surface area contributed by atoms with Crippen LogP contribution in [0.5, 0.6) is 0 Å². The Balaban J connectivity index is 2.02. The van der Waals surface area contributed by atoms with Crippen molar-refractivity contribution in [3.05, 3.63) is 0 Å². The summed E-state index contributed by atoms with van der Waals surface area (Å²) in [6.07, 6.45) is 6.45. The highest BCUT2D eigenvalue weighted by Gasteiger charge is 2.65. The molecule has 4 aliphatic rings. The Morgan fingerprint density at radius 3 is 2.61 bits per heavy atom. The van der Waals surface area contributed by atoms with Crippen molar-refractivity contribution in [3.8, 4) is 0 Å². The van der Waals surface area contributed by atoms with Crippen molar-refractivity contribution < 1.29 is 4.79 Å². The first-order valence-corrected chi connectivity index (χ1v) is 7.61. The summed E-state index contributed by atoms with van der Waals surface area (Å²) < 4.78 is 0. The molecule has 4 fully saturated rings. The first-order valence-electron chi connectivity index (χ1n) is 7.61. The van der Waals surface area contributed by atoms with Gasteiger partial charge in [-0.15, -0.1) is 0 Å². The lowest BCUT2D eigenvalue weighted by Gasteiger charge is -2.55. The van der Waals surface area contributed by atoms with E-state index in [9.17, 15) is 4.79 Å². The number of amides is 1. The molecule has 1 N–H and O–H groups in total. The van der Waals surface area contributed by atoms with Gasteiger partial charge in [0.25, 0.3) is 0 Å². The Kier molecular flexibility index (Phi) is 2.60. The predicted octanol–water partition coefficient (Wildman–Crippen LogP) is 3.22. The van der Waals surface area contributed by atoms with E-state index in [0.29, 0.717) is 28.7 Å². The number of nitrogens with one attached hydrogen (secondary N) is 1. The minimum Gasteiger partial charge on any atom is -0.355 e. The molecule has 4 bridgehead atoms. The maximum absolute atomic E-state index is 11.0. The summed E-state index contributed by atoms with van der Waals surface area (Å²) in [7, 11) is 0. The van der Waals surface area contributed by atoms with Crippen molar-refractivity contribution in [3.63, 3.8) is 0 Å². The van der Waals surface area contributed by atoms with Gasteiger partial charge in [0.05, 0.1) is 0 Å². The highest BCUT2D eigenvalue weighted by atomic mass is 16.1. The van der Waals surface area contributed by atoms with Crippen LogP contribution in [0.2, 0.25) is 0 Å². The van der Waals surface area contributed by atoms with E-state index in [4.69, 9.17) is 0 Å². The molecule has 0 spiro atoms. The quantitative estimate of drug-likeness (QED) is 0.765. The van der Waals surface area contributed by atoms with Gasteiger partial charge in [0.15, 0.2) is 0 Å². The Morgan fingerprint density at radius 1 is 1.33 bits per heavy atom. The van der Waals surface area contributed by atoms with E-state index in [1.165, 1.54) is 25.7 Å². The maximum Gasteiger partial charge on any atom is 0.207 e. The fraction of sp³-hybridized carbons (Fsp3) is 0.938. The fourth-order valence-electron chi connectivity index (χ4n) is 6.25. The molecule has 0 heterocycles. The van der Waals surface area contributed by atoms with E-state index in [1.807, 2.05) is 0 Å². The zero-order valence-electron chi connectivity index (χ0n) is 12.2. The predicted molar refractivity (Wildman–Crippen MR) is 73.0 cm³/mol. The molecule has 102 valence electrons. The average Bonchev–Trinajstić information content (AvgIpc) is 2.43. The topological polar surface area (TPSA) is 29.1 Å². The molecule has 0 aromatic heterocycles. The van der Waals surface area contributed by atoms with Gasteiger partial charge in [-0.1, -0.05) is 27.7 Å². The van der Waals surface area contributed by atoms with Crippen molar-refractivity contribution in [1.29, 1.82) is 0 Å². The van der Waals surface area contributed by atoms with Crippen LogP contribution in [-0.4, -0.2) is 12.5 Å². The van der Waals surface area contributed by atoms with Crippen LogP contribution in [0.3, 0.4) is 0 Å². The van der Waals surface area contributed by atoms with E-state index in [-0.39, 0.29) is 0 Å². The van der Waals surface area contributed by atoms with Gasteiger partial charge in [-0.3, -0.25) is 4.79 Å². The van der Waals surface area contributed by atoms with Gasteiger partial charge in [0, 0.05) is 6.04 Å². The summed E-state index contributed by atoms with van der Waals surface area (Å²) in [5, 5.41) is 3.21. The van der Waals surface area contributed by atoms with Crippen molar-refractivity contribution in [2.45, 2.75) is 59.4 Å². The number of hydrogen-bond donors (Lipinski definition) is 1. The largest absolute Gasteiger partial charge is 0.355 e. The van der Waals surface area contributed by atoms with Crippen LogP contribution in [-0.2, 0) is 4.79 Å². The van der Waals surface area contributed by atoms with Gasteiger partial charge in [-0.25, -0.2) is 0 Å². The van der Waals surface area contributed by atoms with E-state index in [1.54, 1.807) is 0 Å². The number of fused-ring (bicyclic) bond motifs is 1. The van der Waals surface area contributed by atoms with E-state index in [2.05, 4.69) is 33.0 Å². The number of carbonyl (C=O) groups excluding carboxylic acids is 1. The van der Waals surface area contributed by atoms with E-state index >= 15 is 0 Å². The second-order valence-corrected chi connectivity index (χ2v) is 8.09. The third kappa shape index (κ3) is 1.44. The summed E-state index contributed by atoms with van der Waals surface area (Å²) in [5.74, 6) is 3.06. The highest BCUT2D eigenvalue weighted by Crippen LogP contribution is 2.70. The smallest absolute Gasteiger partial charge is 0.207 e. The van der Waals surface area contributed by atoms with E-state index in [0.717, 1.165) is 18.2 Å². The molecular formula is C16H27NO. The lowest BCUT2D eigenvalue weighted by atomic mass is 9.50. The molecule has 0 aliphatic heterocycles. The van der Waals surface area contributed by atoms with Crippen LogP contribution >= 0.6 is 0 Å². The minimum atomic E-state index is 0.353. The molecule has 0 aromatic carbocycles. The number of rotatable bonds is 3. The number of carbonyl (C=O) groups is 1. The van der Waals surface area contributed by atoms with E-state index < -0.39 is 0 Å². The number of hydrogen-bond acceptors (Lipinski definition) is 1. The van der Waals surface area contributed by atoms with Crippen molar-refractivity contribution in [1.82, 2.24) is 5.32 Å². The first-order chi connectivity index (χ1) is 8.41. The molecule has 1 amide bonds. The highest BCUT2D eigenvalue weighted by molar-refractivity contribution is 5.48. The summed E-state index contributed by atoms with van der Waals surface area (Å²) in [4.78, 5) is 11.0. The van der Waals surface area contributed by atoms with Crippen LogP contribution in [0.15, 0.2) is 0 Å². The molecule has 4 aliphatic carbocycles. The molecular weight excluding hydrogens is 222 g/mol. The molecule has 0 aromatic rings. The zero-order valence-corrected chi connectivity index (χ0v) is 12.2. The third-order valence-corrected chi connectivity index (χ3v) is 6.57. The Morgan fingerprint density at radius 2 is 2.06 bits per heavy atom. The summed E-state index contributed by atoms with van der Waals surface area (Å²) in [6, 6.07) is 0.409. The Labute approximate surface area is 111 Å². The Hall–Kier alpha value is -0.530. The van der Waals surface area contributed by atoms with Gasteiger partial charge in [0.2, 0.25) is 6.41 Å². The monoisotopic (exact) mass is 249 g/mol. The van der Waals surface area contributed by atoms with Gasteiger partial charge in [-0.05, 0) is 60.2 Å². The van der Waals surface area contributed by atoms with Gasteiger partial charge < -0.3 is 5.32 Å². The molecule has 0 radical (unpaired) electrons. The van der Waals surface area contributed by atoms with Crippen molar-refractivity contribution in [2.75, 3.05) is 0 Å². The Bertz CT molecular complexity index is 366. The van der Waals surface area contributed by atoms with Crippen LogP contribution in [0.1, 0.15) is 53.4 Å². The lowest BCUT2D eigenvalue weighted by Crippen LogP contribution is -2.51. The summed E-state index contributed by atoms with van der Waals surface area (Å²) in [5.41, 5.74) is 0.895. The molecule has 2 heteroatoms. The van der Waals surface area contributed by atoms with Crippen molar-refractivity contribution >= 4 is 6.41 Å². The third-order valence-electron chi connectivity index (χ3n) is 6.57. The fourth-order valence-corrected chi connectivity index (χ4v) is 6.25. The molecule has 4 saturated carbocycles. The lowest BCUT2D eigenvalue weighted by molar-refractivity contribution is -0.112. The van der Waals surface area contributed by atoms with Crippen LogP contribution < -0.4 is 5.32 Å². The van der Waals surface area contributed by atoms with Gasteiger partial charge in [-0.2, -0.15) is 0 Å². The summed E-state index contributed by atoms with van der Waals surface area (Å²) >= 11 is 0. The molecule has 2 nitrogen and oxygen atoms in total. The molecule has 18 heavy (non-hydrogen) atoms. The molecule has 6 atom stereocenters. The standard InChI is InChI=1S/C16H27NO/c1-10(2)13-11-7-15(3)6-5-12(11)16(4,8-15)14(13)17-9-18/h9-14H,5-8H2,1-4H3,(H,17,18). The van der Waals surface area contributed by atoms with Gasteiger partial charge >= 0.3 is 0 Å². The SMILES string of the molecule is CC(C)C1C2CC3(C)CCC2C(C)(C3)C1NC=O. The molecule has 0 saturated heterocycles. The average molecular weight is 249 g/mol. The van der Waals surface area contributed by atoms with Crippen LogP contribution in [0.4, 0.5) is 0 Å². The van der Waals surface area contributed by atoms with Gasteiger partial charge in [0.1, 0.15) is 0 Å². The van der Waals surface area contributed by atoms with Crippen molar-refractivity contribution in [2.24, 2.45) is 34.5 Å². The second kappa shape index (κ2) is 3.74. The minimum absolute atomic E-state index is 0.353. The molecule has 4 rings (SSSR count). The first kappa shape index (κ1) is 12.5. The normalized spacial score (nSPS) is 53.8. The summed E-state index contributed by atoms with van der Waals surface area (Å²) in [6.45, 7) is 9.60. The van der Waals surface area contributed by atoms with Crippen LogP contribution in [0, 0.1) is 34.5 Å². The zero-order chi connectivity index (χ0) is 13.1. The second-order valence-electron chi connectivity index (χ2n) is 8.09.